The van der Waals surface area contributed by atoms with Crippen LogP contribution in [0.5, 0.6) is 0 Å². The van der Waals surface area contributed by atoms with Crippen molar-refractivity contribution in [1.29, 1.82) is 0 Å². The number of aromatic nitrogens is 1. The van der Waals surface area contributed by atoms with E-state index >= 15 is 0 Å². The molecule has 14 heteroatoms. The van der Waals surface area contributed by atoms with Gasteiger partial charge in [0.25, 0.3) is 5.91 Å². The maximum atomic E-state index is 13.6. The average Bonchev–Trinajstić information content (AvgIpc) is 3.44. The predicted octanol–water partition coefficient (Wildman–Crippen LogP) is 2.46. The minimum atomic E-state index is -4.29. The van der Waals surface area contributed by atoms with Gasteiger partial charge in [-0.15, -0.1) is 11.3 Å². The predicted molar refractivity (Wildman–Crippen MR) is 147 cm³/mol. The van der Waals surface area contributed by atoms with Crippen LogP contribution in [0.1, 0.15) is 11.3 Å². The molecule has 0 spiro atoms. The van der Waals surface area contributed by atoms with E-state index in [1.165, 1.54) is 29.3 Å². The highest BCUT2D eigenvalue weighted by Gasteiger charge is 2.56. The average molecular weight is 595 g/mol. The Kier molecular flexibility index (Phi) is 7.77. The van der Waals surface area contributed by atoms with Crippen LogP contribution < -0.4 is 16.0 Å². The van der Waals surface area contributed by atoms with Gasteiger partial charge in [0.1, 0.15) is 5.82 Å². The Balaban J connectivity index is 1.67. The number of sulfone groups is 2. The van der Waals surface area contributed by atoms with Crippen LogP contribution in [0.15, 0.2) is 65.0 Å². The number of amides is 2. The molecule has 0 bridgehead atoms. The fraction of sp³-hybridized carbons (Fsp3) is 0.208. The molecular weight excluding hydrogens is 572 g/mol. The van der Waals surface area contributed by atoms with Crippen molar-refractivity contribution < 1.29 is 26.4 Å². The molecule has 3 heterocycles. The smallest absolute Gasteiger partial charge is 0.264 e. The molecule has 0 radical (unpaired) electrons. The Hall–Kier alpha value is -3.10. The summed E-state index contributed by atoms with van der Waals surface area (Å²) in [6.45, 7) is -0.541. The van der Waals surface area contributed by atoms with Gasteiger partial charge in [0.05, 0.1) is 15.8 Å². The lowest BCUT2D eigenvalue weighted by Crippen LogP contribution is -2.58. The van der Waals surface area contributed by atoms with Crippen LogP contribution in [0.2, 0.25) is 4.34 Å². The molecule has 1 atom stereocenters. The monoisotopic (exact) mass is 594 g/mol. The van der Waals surface area contributed by atoms with Crippen LogP contribution in [-0.2, 0) is 29.3 Å². The van der Waals surface area contributed by atoms with Gasteiger partial charge in [-0.25, -0.2) is 21.8 Å². The number of hydrogen-bond acceptors (Lipinski definition) is 9. The molecule has 38 heavy (non-hydrogen) atoms. The number of anilines is 1. The maximum Gasteiger partial charge on any atom is 0.264 e. The SMILES string of the molecule is CS(=O)(=O)c1ccccc1-c1ccc(N2CC[C@](NCC(N)=O)(S(=O)(=O)C=Cc3ccc(Cl)s3)C2=O)nc1. The lowest BCUT2D eigenvalue weighted by atomic mass is 10.1. The molecule has 1 aromatic carbocycles. The molecule has 2 aromatic heterocycles. The summed E-state index contributed by atoms with van der Waals surface area (Å²) >= 11 is 7.08. The van der Waals surface area contributed by atoms with Crippen LogP contribution in [0.4, 0.5) is 5.82 Å². The lowest BCUT2D eigenvalue weighted by Gasteiger charge is -2.27. The van der Waals surface area contributed by atoms with Crippen molar-refractivity contribution in [2.24, 2.45) is 5.73 Å². The third-order valence-electron chi connectivity index (χ3n) is 5.94. The first-order chi connectivity index (χ1) is 17.8. The minimum Gasteiger partial charge on any atom is -0.369 e. The number of primary amides is 1. The van der Waals surface area contributed by atoms with E-state index < -0.39 is 42.9 Å². The van der Waals surface area contributed by atoms with Crippen LogP contribution >= 0.6 is 22.9 Å². The van der Waals surface area contributed by atoms with Gasteiger partial charge in [0, 0.05) is 46.8 Å². The zero-order valence-electron chi connectivity index (χ0n) is 20.0. The van der Waals surface area contributed by atoms with E-state index in [1.54, 1.807) is 36.4 Å². The third kappa shape index (κ3) is 5.52. The van der Waals surface area contributed by atoms with Gasteiger partial charge in [-0.2, -0.15) is 0 Å². The highest BCUT2D eigenvalue weighted by molar-refractivity contribution is 7.96. The molecular formula is C24H23ClN4O6S3. The van der Waals surface area contributed by atoms with Gasteiger partial charge >= 0.3 is 0 Å². The quantitative estimate of drug-likeness (QED) is 0.382. The number of nitrogens with zero attached hydrogens (tertiary/aromatic N) is 2. The molecule has 0 unspecified atom stereocenters. The number of carbonyl (C=O) groups is 2. The topological polar surface area (TPSA) is 157 Å². The number of rotatable bonds is 9. The van der Waals surface area contributed by atoms with Crippen molar-refractivity contribution in [3.8, 4) is 11.1 Å². The number of carbonyl (C=O) groups excluding carboxylic acids is 2. The zero-order valence-corrected chi connectivity index (χ0v) is 23.2. The summed E-state index contributed by atoms with van der Waals surface area (Å²) in [5, 5.41) is 3.48. The molecule has 10 nitrogen and oxygen atoms in total. The van der Waals surface area contributed by atoms with Crippen molar-refractivity contribution >= 4 is 66.3 Å². The number of benzene rings is 1. The zero-order chi connectivity index (χ0) is 27.7. The molecule has 3 aromatic rings. The van der Waals surface area contributed by atoms with Crippen molar-refractivity contribution in [3.05, 3.63) is 69.3 Å². The minimum absolute atomic E-state index is 0.00519. The van der Waals surface area contributed by atoms with E-state index in [1.807, 2.05) is 0 Å². The molecule has 0 saturated carbocycles. The van der Waals surface area contributed by atoms with E-state index in [2.05, 4.69) is 10.3 Å². The van der Waals surface area contributed by atoms with E-state index in [9.17, 15) is 26.4 Å². The van der Waals surface area contributed by atoms with Gasteiger partial charge in [0.2, 0.25) is 10.8 Å². The second-order valence-corrected chi connectivity index (χ2v) is 14.3. The number of thiophene rings is 1. The number of pyridine rings is 1. The molecule has 2 amide bonds. The Labute approximate surface area is 229 Å². The van der Waals surface area contributed by atoms with Gasteiger partial charge in [-0.1, -0.05) is 29.8 Å². The molecule has 1 fully saturated rings. The summed E-state index contributed by atoms with van der Waals surface area (Å²) in [5.74, 6) is -1.47. The summed E-state index contributed by atoms with van der Waals surface area (Å²) < 4.78 is 51.7. The summed E-state index contributed by atoms with van der Waals surface area (Å²) in [4.78, 5) is 29.2. The number of nitrogens with one attached hydrogen (secondary N) is 1. The first kappa shape index (κ1) is 27.9. The molecule has 0 aliphatic carbocycles. The number of halogens is 1. The van der Waals surface area contributed by atoms with Crippen LogP contribution in [0.25, 0.3) is 17.2 Å². The molecule has 3 N–H and O–H groups in total. The van der Waals surface area contributed by atoms with Crippen LogP contribution in [0.3, 0.4) is 0 Å². The first-order valence-electron chi connectivity index (χ1n) is 11.1. The second kappa shape index (κ2) is 10.6. The summed E-state index contributed by atoms with van der Waals surface area (Å²) in [5.41, 5.74) is 6.19. The van der Waals surface area contributed by atoms with E-state index in [-0.39, 0.29) is 23.7 Å². The van der Waals surface area contributed by atoms with Gasteiger partial charge in [-0.3, -0.25) is 19.8 Å². The molecule has 1 aliphatic rings. The molecule has 1 saturated heterocycles. The fourth-order valence-corrected chi connectivity index (χ4v) is 7.62. The van der Waals surface area contributed by atoms with Crippen LogP contribution in [-0.4, -0.2) is 57.9 Å². The fourth-order valence-electron chi connectivity index (χ4n) is 4.10. The summed E-state index contributed by atoms with van der Waals surface area (Å²) in [6.07, 6.45) is 3.69. The van der Waals surface area contributed by atoms with Gasteiger partial charge in [-0.05, 0) is 36.4 Å². The Bertz CT molecular complexity index is 1640. The van der Waals surface area contributed by atoms with E-state index in [0.29, 0.717) is 20.3 Å². The van der Waals surface area contributed by atoms with Crippen molar-refractivity contribution in [2.45, 2.75) is 16.2 Å². The highest BCUT2D eigenvalue weighted by Crippen LogP contribution is 2.35. The number of hydrogen-bond donors (Lipinski definition) is 2. The Morgan fingerprint density at radius 1 is 1.18 bits per heavy atom. The van der Waals surface area contributed by atoms with Crippen molar-refractivity contribution in [3.63, 3.8) is 0 Å². The Morgan fingerprint density at radius 2 is 1.92 bits per heavy atom. The summed E-state index contributed by atoms with van der Waals surface area (Å²) in [7, 11) is -7.79. The standard InChI is InChI=1S/C24H23ClN4O6S3/c1-37(32,33)19-5-3-2-4-18(19)16-6-9-22(27-14-16)29-12-11-24(23(29)31,28-15-21(26)30)38(34,35)13-10-17-7-8-20(25)36-17/h2-10,13-14,28H,11-12,15H2,1H3,(H2,26,30)/t24-/m0/s1. The molecule has 200 valence electrons. The molecule has 4 rings (SSSR count). The lowest BCUT2D eigenvalue weighted by molar-refractivity contribution is -0.120. The van der Waals surface area contributed by atoms with Crippen molar-refractivity contribution in [1.82, 2.24) is 10.3 Å². The maximum absolute atomic E-state index is 13.6. The van der Waals surface area contributed by atoms with Gasteiger partial charge < -0.3 is 5.73 Å². The second-order valence-electron chi connectivity index (χ2n) is 8.52. The highest BCUT2D eigenvalue weighted by atomic mass is 35.5. The van der Waals surface area contributed by atoms with Crippen molar-refractivity contribution in [2.75, 3.05) is 24.2 Å². The Morgan fingerprint density at radius 3 is 2.53 bits per heavy atom. The third-order valence-corrected chi connectivity index (χ3v) is 10.3. The molecule has 1 aliphatic heterocycles. The van der Waals surface area contributed by atoms with E-state index in [4.69, 9.17) is 17.3 Å². The first-order valence-corrected chi connectivity index (χ1v) is 15.8. The number of nitrogens with two attached hydrogens (primary N) is 1. The van der Waals surface area contributed by atoms with E-state index in [0.717, 1.165) is 23.0 Å². The van der Waals surface area contributed by atoms with Gasteiger partial charge in [0.15, 0.2) is 19.7 Å². The summed E-state index contributed by atoms with van der Waals surface area (Å²) in [6, 6.07) is 12.8. The largest absolute Gasteiger partial charge is 0.369 e. The normalized spacial score (nSPS) is 18.4. The van der Waals surface area contributed by atoms with Crippen LogP contribution in [0, 0.1) is 0 Å².